The highest BCUT2D eigenvalue weighted by atomic mass is 32.1. The van der Waals surface area contributed by atoms with Crippen LogP contribution in [0.2, 0.25) is 0 Å². The van der Waals surface area contributed by atoms with E-state index in [9.17, 15) is 9.59 Å². The van der Waals surface area contributed by atoms with Crippen molar-refractivity contribution < 1.29 is 9.90 Å². The summed E-state index contributed by atoms with van der Waals surface area (Å²) in [6.07, 6.45) is 1.72. The summed E-state index contributed by atoms with van der Waals surface area (Å²) in [6.45, 7) is 1.86. The van der Waals surface area contributed by atoms with Gasteiger partial charge in [0.15, 0.2) is 0 Å². The molecule has 2 rings (SSSR count). The van der Waals surface area contributed by atoms with Crippen LogP contribution in [0.4, 0.5) is 0 Å². The van der Waals surface area contributed by atoms with Crippen molar-refractivity contribution in [3.63, 3.8) is 0 Å². The third-order valence-corrected chi connectivity index (χ3v) is 3.42. The lowest BCUT2D eigenvalue weighted by Crippen LogP contribution is -2.17. The Morgan fingerprint density at radius 2 is 2.20 bits per heavy atom. The summed E-state index contributed by atoms with van der Waals surface area (Å²) >= 11 is 1.30. The Hall–Kier alpha value is -1.62. The summed E-state index contributed by atoms with van der Waals surface area (Å²) in [5.74, 6) is -1.05. The van der Waals surface area contributed by atoms with Crippen LogP contribution in [0.3, 0.4) is 0 Å². The van der Waals surface area contributed by atoms with Gasteiger partial charge in [0, 0.05) is 23.3 Å². The van der Waals surface area contributed by atoms with Crippen molar-refractivity contribution >= 4 is 27.4 Å². The van der Waals surface area contributed by atoms with Crippen molar-refractivity contribution in [3.8, 4) is 0 Å². The molecule has 2 aromatic heterocycles. The molecule has 0 saturated heterocycles. The van der Waals surface area contributed by atoms with E-state index in [4.69, 9.17) is 5.11 Å². The number of pyridine rings is 1. The minimum Gasteiger partial charge on any atom is -0.478 e. The summed E-state index contributed by atoms with van der Waals surface area (Å²) < 4.78 is 2.17. The number of thiophene rings is 1. The Kier molecular flexibility index (Phi) is 2.12. The highest BCUT2D eigenvalue weighted by Crippen LogP contribution is 2.25. The smallest absolute Gasteiger partial charge is 0.337 e. The van der Waals surface area contributed by atoms with Crippen LogP contribution >= 0.6 is 11.3 Å². The molecule has 0 amide bonds. The van der Waals surface area contributed by atoms with Gasteiger partial charge < -0.3 is 9.67 Å². The second kappa shape index (κ2) is 3.20. The van der Waals surface area contributed by atoms with Gasteiger partial charge in [0.1, 0.15) is 0 Å². The zero-order chi connectivity index (χ0) is 11.2. The molecule has 2 heterocycles. The van der Waals surface area contributed by atoms with E-state index >= 15 is 0 Å². The maximum atomic E-state index is 11.8. The van der Waals surface area contributed by atoms with E-state index in [1.807, 2.05) is 6.92 Å². The van der Waals surface area contributed by atoms with Gasteiger partial charge in [-0.15, -0.1) is 11.3 Å². The molecule has 0 spiro atoms. The highest BCUT2D eigenvalue weighted by molar-refractivity contribution is 7.17. The van der Waals surface area contributed by atoms with Crippen LogP contribution < -0.4 is 5.56 Å². The molecule has 1 N–H and O–H groups in total. The highest BCUT2D eigenvalue weighted by Gasteiger charge is 2.16. The average molecular weight is 223 g/mol. The third-order valence-electron chi connectivity index (χ3n) is 2.30. The van der Waals surface area contributed by atoms with Gasteiger partial charge in [-0.2, -0.15) is 0 Å². The fourth-order valence-corrected chi connectivity index (χ4v) is 2.61. The van der Waals surface area contributed by atoms with Gasteiger partial charge in [-0.25, -0.2) is 4.79 Å². The molecule has 0 aromatic carbocycles. The van der Waals surface area contributed by atoms with Crippen LogP contribution in [0.15, 0.2) is 16.4 Å². The maximum absolute atomic E-state index is 11.8. The molecule has 0 saturated carbocycles. The fourth-order valence-electron chi connectivity index (χ4n) is 1.60. The van der Waals surface area contributed by atoms with Crippen molar-refractivity contribution in [2.24, 2.45) is 7.05 Å². The molecular formula is C10H9NO3S. The van der Waals surface area contributed by atoms with Crippen molar-refractivity contribution in [1.29, 1.82) is 0 Å². The third kappa shape index (κ3) is 1.35. The predicted octanol–water partition coefficient (Wildman–Crippen LogP) is 1.61. The Labute approximate surface area is 89.4 Å². The van der Waals surface area contributed by atoms with E-state index in [1.165, 1.54) is 21.3 Å². The Morgan fingerprint density at radius 1 is 1.53 bits per heavy atom. The summed E-state index contributed by atoms with van der Waals surface area (Å²) in [4.78, 5) is 22.7. The topological polar surface area (TPSA) is 59.3 Å². The quantitative estimate of drug-likeness (QED) is 0.799. The van der Waals surface area contributed by atoms with Crippen LogP contribution in [0, 0.1) is 6.92 Å². The fraction of sp³-hybridized carbons (Fsp3) is 0.200. The van der Waals surface area contributed by atoms with Gasteiger partial charge in [-0.3, -0.25) is 4.79 Å². The standard InChI is InChI=1S/C10H9NO3S/c1-5-3-11(2)9(12)7-6(10(13)14)4-15-8(5)7/h3-4H,1-2H3,(H,13,14). The van der Waals surface area contributed by atoms with Crippen LogP contribution in [0.5, 0.6) is 0 Å². The molecule has 0 radical (unpaired) electrons. The number of hydrogen-bond acceptors (Lipinski definition) is 3. The summed E-state index contributed by atoms with van der Waals surface area (Å²) in [5.41, 5.74) is 0.762. The number of carbonyl (C=O) groups is 1. The van der Waals surface area contributed by atoms with Crippen LogP contribution in [0.1, 0.15) is 15.9 Å². The van der Waals surface area contributed by atoms with E-state index in [1.54, 1.807) is 13.2 Å². The van der Waals surface area contributed by atoms with Crippen LogP contribution in [-0.2, 0) is 7.05 Å². The summed E-state index contributed by atoms with van der Waals surface area (Å²) in [6, 6.07) is 0. The monoisotopic (exact) mass is 223 g/mol. The lowest BCUT2D eigenvalue weighted by Gasteiger charge is -2.01. The van der Waals surface area contributed by atoms with Crippen LogP contribution in [-0.4, -0.2) is 15.6 Å². The molecule has 0 unspecified atom stereocenters. The number of aromatic nitrogens is 1. The second-order valence-corrected chi connectivity index (χ2v) is 4.27. The molecule has 0 atom stereocenters. The molecule has 0 bridgehead atoms. The minimum absolute atomic E-state index is 0.0966. The van der Waals surface area contributed by atoms with Gasteiger partial charge in [0.2, 0.25) is 0 Å². The largest absolute Gasteiger partial charge is 0.478 e. The van der Waals surface area contributed by atoms with Crippen molar-refractivity contribution in [1.82, 2.24) is 4.57 Å². The average Bonchev–Trinajstić information content (AvgIpc) is 2.58. The van der Waals surface area contributed by atoms with Gasteiger partial charge in [0.05, 0.1) is 10.9 Å². The molecule has 0 aliphatic heterocycles. The van der Waals surface area contributed by atoms with Crippen molar-refractivity contribution in [2.75, 3.05) is 0 Å². The lowest BCUT2D eigenvalue weighted by molar-refractivity contribution is 0.0699. The number of aryl methyl sites for hydroxylation is 2. The first-order valence-electron chi connectivity index (χ1n) is 4.33. The lowest BCUT2D eigenvalue weighted by atomic mass is 10.2. The number of carboxylic acid groups (broad SMARTS) is 1. The first-order chi connectivity index (χ1) is 7.02. The molecular weight excluding hydrogens is 214 g/mol. The number of aromatic carboxylic acids is 1. The Bertz CT molecular complexity index is 609. The molecule has 0 aliphatic carbocycles. The Balaban J connectivity index is 3.02. The van der Waals surface area contributed by atoms with Gasteiger partial charge in [0.25, 0.3) is 5.56 Å². The van der Waals surface area contributed by atoms with Gasteiger partial charge in [-0.05, 0) is 12.5 Å². The first kappa shape index (κ1) is 9.92. The normalized spacial score (nSPS) is 10.8. The van der Waals surface area contributed by atoms with Gasteiger partial charge >= 0.3 is 5.97 Å². The SMILES string of the molecule is Cc1cn(C)c(=O)c2c(C(=O)O)csc12. The molecule has 0 fully saturated rings. The van der Waals surface area contributed by atoms with E-state index in [0.717, 1.165) is 10.3 Å². The van der Waals surface area contributed by atoms with E-state index < -0.39 is 5.97 Å². The van der Waals surface area contributed by atoms with Gasteiger partial charge in [-0.1, -0.05) is 0 Å². The summed E-state index contributed by atoms with van der Waals surface area (Å²) in [7, 11) is 1.62. The number of hydrogen-bond donors (Lipinski definition) is 1. The van der Waals surface area contributed by atoms with Crippen LogP contribution in [0.25, 0.3) is 10.1 Å². The van der Waals surface area contributed by atoms with E-state index in [2.05, 4.69) is 0 Å². The second-order valence-electron chi connectivity index (χ2n) is 3.39. The number of carboxylic acids is 1. The van der Waals surface area contributed by atoms with E-state index in [-0.39, 0.29) is 11.1 Å². The molecule has 5 heteroatoms. The van der Waals surface area contributed by atoms with E-state index in [0.29, 0.717) is 5.39 Å². The number of nitrogens with zero attached hydrogens (tertiary/aromatic N) is 1. The van der Waals surface area contributed by atoms with Crippen molar-refractivity contribution in [2.45, 2.75) is 6.92 Å². The molecule has 4 nitrogen and oxygen atoms in total. The predicted molar refractivity (Wildman–Crippen MR) is 58.8 cm³/mol. The summed E-state index contributed by atoms with van der Waals surface area (Å²) in [5, 5.41) is 10.8. The molecule has 78 valence electrons. The first-order valence-corrected chi connectivity index (χ1v) is 5.21. The minimum atomic E-state index is -1.05. The Morgan fingerprint density at radius 3 is 2.80 bits per heavy atom. The number of fused-ring (bicyclic) bond motifs is 1. The molecule has 15 heavy (non-hydrogen) atoms. The molecule has 2 aromatic rings. The zero-order valence-corrected chi connectivity index (χ0v) is 9.09. The van der Waals surface area contributed by atoms with Crippen molar-refractivity contribution in [3.05, 3.63) is 33.1 Å². The zero-order valence-electron chi connectivity index (χ0n) is 8.27. The maximum Gasteiger partial charge on any atom is 0.337 e. The number of rotatable bonds is 1. The molecule has 0 aliphatic rings.